The second-order valence-electron chi connectivity index (χ2n) is 6.48. The zero-order chi connectivity index (χ0) is 17.3. The lowest BCUT2D eigenvalue weighted by atomic mass is 9.82. The Morgan fingerprint density at radius 1 is 1.21 bits per heavy atom. The number of hydrogen-bond donors (Lipinski definition) is 1. The van der Waals surface area contributed by atoms with E-state index in [1.54, 1.807) is 0 Å². The van der Waals surface area contributed by atoms with Crippen molar-refractivity contribution < 1.29 is 18.0 Å². The summed E-state index contributed by atoms with van der Waals surface area (Å²) in [6.07, 6.45) is 3.70. The second kappa shape index (κ2) is 6.34. The summed E-state index contributed by atoms with van der Waals surface area (Å²) in [5, 5.41) is -0.0155. The first-order valence-corrected chi connectivity index (χ1v) is 8.13. The molecular weight excluding hydrogens is 316 g/mol. The van der Waals surface area contributed by atoms with Crippen LogP contribution in [0.4, 0.5) is 14.5 Å². The monoisotopic (exact) mass is 335 g/mol. The van der Waals surface area contributed by atoms with E-state index in [1.165, 1.54) is 0 Å². The van der Waals surface area contributed by atoms with Crippen LogP contribution in [0, 0.1) is 5.82 Å². The van der Waals surface area contributed by atoms with Gasteiger partial charge in [0.1, 0.15) is 11.5 Å². The molecule has 2 aromatic rings. The van der Waals surface area contributed by atoms with Gasteiger partial charge in [0.2, 0.25) is 0 Å². The van der Waals surface area contributed by atoms with Gasteiger partial charge in [-0.05, 0) is 25.3 Å². The summed E-state index contributed by atoms with van der Waals surface area (Å²) in [5.41, 5.74) is 3.74. The Labute approximate surface area is 137 Å². The molecule has 1 fully saturated rings. The molecule has 0 saturated heterocycles. The number of carbonyl (C=O) groups is 1. The van der Waals surface area contributed by atoms with Gasteiger partial charge in [0.15, 0.2) is 22.6 Å². The first kappa shape index (κ1) is 16.6. The Balaban J connectivity index is 1.84. The molecule has 24 heavy (non-hydrogen) atoms. The van der Waals surface area contributed by atoms with Crippen LogP contribution in [-0.4, -0.2) is 11.5 Å². The molecule has 6 heteroatoms. The Morgan fingerprint density at radius 2 is 1.92 bits per heavy atom. The molecule has 1 aliphatic rings. The number of rotatable bonds is 4. The molecule has 0 spiro atoms. The van der Waals surface area contributed by atoms with E-state index in [0.717, 1.165) is 37.5 Å². The number of anilines is 1. The first-order valence-electron chi connectivity index (χ1n) is 8.13. The highest BCUT2D eigenvalue weighted by atomic mass is 19.1. The molecular formula is C18H19F2NO3. The van der Waals surface area contributed by atoms with Gasteiger partial charge < -0.3 is 10.2 Å². The Morgan fingerprint density at radius 3 is 2.62 bits per heavy atom. The molecule has 0 amide bonds. The largest absolute Gasteiger partial charge is 0.451 e. The Kier molecular flexibility index (Phi) is 4.39. The van der Waals surface area contributed by atoms with Crippen molar-refractivity contribution in [2.45, 2.75) is 50.6 Å². The van der Waals surface area contributed by atoms with Crippen LogP contribution in [0.5, 0.6) is 0 Å². The number of nitrogens with two attached hydrogens (primary N) is 1. The van der Waals surface area contributed by atoms with Crippen LogP contribution in [0.2, 0.25) is 0 Å². The number of benzene rings is 1. The van der Waals surface area contributed by atoms with Crippen LogP contribution < -0.4 is 11.2 Å². The van der Waals surface area contributed by atoms with Crippen molar-refractivity contribution in [3.05, 3.63) is 40.0 Å². The van der Waals surface area contributed by atoms with Crippen molar-refractivity contribution in [3.63, 3.8) is 0 Å². The maximum atomic E-state index is 14.6. The average molecular weight is 335 g/mol. The lowest BCUT2D eigenvalue weighted by Crippen LogP contribution is -2.27. The highest BCUT2D eigenvalue weighted by Crippen LogP contribution is 2.36. The molecule has 1 saturated carbocycles. The van der Waals surface area contributed by atoms with Gasteiger partial charge in [-0.1, -0.05) is 19.3 Å². The van der Waals surface area contributed by atoms with E-state index in [9.17, 15) is 18.4 Å². The third-order valence-corrected chi connectivity index (χ3v) is 4.65. The third kappa shape index (κ3) is 3.32. The number of ketones is 1. The number of fused-ring (bicyclic) bond motifs is 1. The molecule has 0 aliphatic heterocycles. The van der Waals surface area contributed by atoms with E-state index >= 15 is 0 Å². The summed E-state index contributed by atoms with van der Waals surface area (Å²) < 4.78 is 33.3. The standard InChI is InChI=1S/C18H19F2NO3/c19-11-8-12-15(23)10-16(24-17(12)13(21)9-11)14(22)4-7-18(20)5-2-1-3-6-18/h8-10H,1-7,21H2. The van der Waals surface area contributed by atoms with E-state index < -0.39 is 22.7 Å². The molecule has 0 atom stereocenters. The van der Waals surface area contributed by atoms with Crippen molar-refractivity contribution >= 4 is 22.4 Å². The van der Waals surface area contributed by atoms with Gasteiger partial charge in [0.25, 0.3) is 0 Å². The highest BCUT2D eigenvalue weighted by molar-refractivity contribution is 5.96. The summed E-state index contributed by atoms with van der Waals surface area (Å²) in [6.45, 7) is 0. The minimum atomic E-state index is -1.31. The number of halogens is 2. The molecule has 1 heterocycles. The number of nitrogen functional groups attached to an aromatic ring is 1. The average Bonchev–Trinajstić information content (AvgIpc) is 2.54. The van der Waals surface area contributed by atoms with Crippen molar-refractivity contribution in [2.75, 3.05) is 5.73 Å². The Hall–Kier alpha value is -2.24. The van der Waals surface area contributed by atoms with E-state index in [2.05, 4.69) is 0 Å². The minimum absolute atomic E-state index is 0.0140. The van der Waals surface area contributed by atoms with Crippen molar-refractivity contribution in [1.29, 1.82) is 0 Å². The lowest BCUT2D eigenvalue weighted by Gasteiger charge is -2.29. The maximum absolute atomic E-state index is 14.6. The van der Waals surface area contributed by atoms with E-state index in [1.807, 2.05) is 0 Å². The van der Waals surface area contributed by atoms with Gasteiger partial charge in [-0.15, -0.1) is 0 Å². The van der Waals surface area contributed by atoms with Gasteiger partial charge in [0.05, 0.1) is 11.1 Å². The zero-order valence-electron chi connectivity index (χ0n) is 13.2. The fourth-order valence-corrected chi connectivity index (χ4v) is 3.28. The maximum Gasteiger partial charge on any atom is 0.198 e. The van der Waals surface area contributed by atoms with Crippen molar-refractivity contribution in [2.24, 2.45) is 0 Å². The molecule has 1 aromatic heterocycles. The molecule has 3 rings (SSSR count). The minimum Gasteiger partial charge on any atom is -0.451 e. The van der Waals surface area contributed by atoms with E-state index in [-0.39, 0.29) is 35.3 Å². The smallest absolute Gasteiger partial charge is 0.198 e. The number of alkyl halides is 1. The molecule has 1 aliphatic carbocycles. The molecule has 128 valence electrons. The molecule has 0 bridgehead atoms. The van der Waals surface area contributed by atoms with Gasteiger partial charge >= 0.3 is 0 Å². The van der Waals surface area contributed by atoms with Crippen molar-refractivity contribution in [3.8, 4) is 0 Å². The highest BCUT2D eigenvalue weighted by Gasteiger charge is 2.32. The van der Waals surface area contributed by atoms with Gasteiger partial charge in [0, 0.05) is 18.6 Å². The SMILES string of the molecule is Nc1cc(F)cc2c(=O)cc(C(=O)CCC3(F)CCCCC3)oc12. The van der Waals surface area contributed by atoms with Crippen molar-refractivity contribution in [1.82, 2.24) is 0 Å². The predicted octanol–water partition coefficient (Wildman–Crippen LogP) is 4.15. The quantitative estimate of drug-likeness (QED) is 0.673. The van der Waals surface area contributed by atoms with Crippen LogP contribution in [0.15, 0.2) is 27.4 Å². The lowest BCUT2D eigenvalue weighted by molar-refractivity contribution is 0.0776. The Bertz CT molecular complexity index is 838. The predicted molar refractivity (Wildman–Crippen MR) is 87.3 cm³/mol. The zero-order valence-corrected chi connectivity index (χ0v) is 13.2. The van der Waals surface area contributed by atoms with E-state index in [4.69, 9.17) is 10.2 Å². The van der Waals surface area contributed by atoms with E-state index in [0.29, 0.717) is 12.8 Å². The van der Waals surface area contributed by atoms with Gasteiger partial charge in [-0.2, -0.15) is 0 Å². The molecule has 2 N–H and O–H groups in total. The summed E-state index contributed by atoms with van der Waals surface area (Å²) in [7, 11) is 0. The fraction of sp³-hybridized carbons (Fsp3) is 0.444. The van der Waals surface area contributed by atoms with Crippen LogP contribution in [0.25, 0.3) is 11.0 Å². The number of hydrogen-bond acceptors (Lipinski definition) is 4. The van der Waals surface area contributed by atoms with Gasteiger partial charge in [-0.25, -0.2) is 8.78 Å². The van der Waals surface area contributed by atoms with Crippen LogP contribution >= 0.6 is 0 Å². The van der Waals surface area contributed by atoms with Crippen LogP contribution in [-0.2, 0) is 0 Å². The third-order valence-electron chi connectivity index (χ3n) is 4.65. The van der Waals surface area contributed by atoms with Crippen LogP contribution in [0.1, 0.15) is 55.5 Å². The normalized spacial score (nSPS) is 17.1. The summed E-state index contributed by atoms with van der Waals surface area (Å²) >= 11 is 0. The second-order valence-corrected chi connectivity index (χ2v) is 6.48. The summed E-state index contributed by atoms with van der Waals surface area (Å²) in [6, 6.07) is 3.07. The van der Waals surface area contributed by atoms with Crippen LogP contribution in [0.3, 0.4) is 0 Å². The molecule has 0 unspecified atom stereocenters. The fourth-order valence-electron chi connectivity index (χ4n) is 3.28. The van der Waals surface area contributed by atoms with Gasteiger partial charge in [-0.3, -0.25) is 9.59 Å². The molecule has 1 aromatic carbocycles. The molecule has 0 radical (unpaired) electrons. The summed E-state index contributed by atoms with van der Waals surface area (Å²) in [5.74, 6) is -1.26. The first-order chi connectivity index (χ1) is 11.4. The number of carbonyl (C=O) groups excluding carboxylic acids is 1. The molecule has 4 nitrogen and oxygen atoms in total. The number of Topliss-reactive ketones (excluding diaryl/α,β-unsaturated/α-hetero) is 1. The summed E-state index contributed by atoms with van der Waals surface area (Å²) in [4.78, 5) is 24.4. The topological polar surface area (TPSA) is 73.3 Å².